The number of alkyl halides is 3. The summed E-state index contributed by atoms with van der Waals surface area (Å²) in [6, 6.07) is 5.49. The van der Waals surface area contributed by atoms with E-state index in [1.54, 1.807) is 6.07 Å². The van der Waals surface area contributed by atoms with Crippen LogP contribution in [0.5, 0.6) is 0 Å². The number of hydrogen-bond donors (Lipinski definition) is 0. The molecule has 2 saturated heterocycles. The molecule has 0 radical (unpaired) electrons. The summed E-state index contributed by atoms with van der Waals surface area (Å²) in [6.07, 6.45) is -3.39. The van der Waals surface area contributed by atoms with Crippen molar-refractivity contribution in [3.63, 3.8) is 0 Å². The monoisotopic (exact) mass is 339 g/mol. The van der Waals surface area contributed by atoms with E-state index < -0.39 is 11.7 Å². The van der Waals surface area contributed by atoms with Crippen LogP contribution in [0.15, 0.2) is 18.2 Å². The molecule has 0 spiro atoms. The smallest absolute Gasteiger partial charge is 0.381 e. The number of benzene rings is 1. The molecule has 1 unspecified atom stereocenters. The molecule has 0 N–H and O–H groups in total. The molecule has 4 nitrogen and oxygen atoms in total. The van der Waals surface area contributed by atoms with Gasteiger partial charge in [-0.3, -0.25) is 4.90 Å². The Labute approximate surface area is 139 Å². The molecule has 3 rings (SSSR count). The van der Waals surface area contributed by atoms with E-state index in [4.69, 9.17) is 10.00 Å². The normalized spacial score (nSPS) is 22.6. The van der Waals surface area contributed by atoms with Gasteiger partial charge in [0.1, 0.15) is 0 Å². The Bertz CT molecular complexity index is 612. The Morgan fingerprint density at radius 2 is 1.96 bits per heavy atom. The first-order valence-electron chi connectivity index (χ1n) is 8.14. The molecule has 2 aliphatic rings. The third-order valence-corrected chi connectivity index (χ3v) is 4.71. The Hall–Kier alpha value is -1.78. The summed E-state index contributed by atoms with van der Waals surface area (Å²) in [6.45, 7) is 5.94. The molecule has 0 bridgehead atoms. The molecule has 7 heteroatoms. The standard InChI is InChI=1S/C17H20F3N3O/c18-17(19,20)16-2-1-15(9-14(16)10-21)23-6-4-22(5-7-23)11-13-3-8-24-12-13/h1-2,9,13H,3-8,11-12H2. The van der Waals surface area contributed by atoms with Crippen LogP contribution in [0, 0.1) is 17.2 Å². The lowest BCUT2D eigenvalue weighted by atomic mass is 10.1. The number of ether oxygens (including phenoxy) is 1. The minimum absolute atomic E-state index is 0.314. The second kappa shape index (κ2) is 6.99. The molecule has 130 valence electrons. The maximum absolute atomic E-state index is 12.9. The molecule has 2 fully saturated rings. The van der Waals surface area contributed by atoms with Gasteiger partial charge in [0.05, 0.1) is 23.8 Å². The van der Waals surface area contributed by atoms with E-state index in [-0.39, 0.29) is 5.56 Å². The van der Waals surface area contributed by atoms with Crippen LogP contribution in [0.25, 0.3) is 0 Å². The maximum atomic E-state index is 12.9. The van der Waals surface area contributed by atoms with E-state index in [0.29, 0.717) is 11.6 Å². The maximum Gasteiger partial charge on any atom is 0.417 e. The molecular formula is C17H20F3N3O. The summed E-state index contributed by atoms with van der Waals surface area (Å²) < 4.78 is 44.0. The highest BCUT2D eigenvalue weighted by molar-refractivity contribution is 5.55. The average molecular weight is 339 g/mol. The highest BCUT2D eigenvalue weighted by Gasteiger charge is 2.34. The van der Waals surface area contributed by atoms with E-state index in [1.807, 2.05) is 4.90 Å². The second-order valence-corrected chi connectivity index (χ2v) is 6.36. The molecule has 0 amide bonds. The van der Waals surface area contributed by atoms with Gasteiger partial charge in [-0.15, -0.1) is 0 Å². The van der Waals surface area contributed by atoms with Crippen LogP contribution in [0.2, 0.25) is 0 Å². The van der Waals surface area contributed by atoms with Gasteiger partial charge in [-0.2, -0.15) is 18.4 Å². The van der Waals surface area contributed by atoms with Gasteiger partial charge in [0, 0.05) is 45.0 Å². The third-order valence-electron chi connectivity index (χ3n) is 4.71. The lowest BCUT2D eigenvalue weighted by Gasteiger charge is -2.37. The highest BCUT2D eigenvalue weighted by atomic mass is 19.4. The van der Waals surface area contributed by atoms with Crippen molar-refractivity contribution in [1.29, 1.82) is 5.26 Å². The molecule has 1 atom stereocenters. The van der Waals surface area contributed by atoms with Gasteiger partial charge >= 0.3 is 6.18 Å². The van der Waals surface area contributed by atoms with Crippen molar-refractivity contribution < 1.29 is 17.9 Å². The van der Waals surface area contributed by atoms with Crippen molar-refractivity contribution in [2.24, 2.45) is 5.92 Å². The van der Waals surface area contributed by atoms with Gasteiger partial charge in [0.25, 0.3) is 0 Å². The zero-order valence-corrected chi connectivity index (χ0v) is 13.4. The number of hydrogen-bond acceptors (Lipinski definition) is 4. The lowest BCUT2D eigenvalue weighted by Crippen LogP contribution is -2.48. The van der Waals surface area contributed by atoms with Crippen molar-refractivity contribution in [2.45, 2.75) is 12.6 Å². The number of anilines is 1. The first-order valence-corrected chi connectivity index (χ1v) is 8.14. The summed E-state index contributed by atoms with van der Waals surface area (Å²) in [5, 5.41) is 9.02. The summed E-state index contributed by atoms with van der Waals surface area (Å²) in [5.74, 6) is 0.591. The quantitative estimate of drug-likeness (QED) is 0.849. The molecular weight excluding hydrogens is 319 g/mol. The van der Waals surface area contributed by atoms with Crippen molar-refractivity contribution in [1.82, 2.24) is 4.90 Å². The lowest BCUT2D eigenvalue weighted by molar-refractivity contribution is -0.137. The third kappa shape index (κ3) is 3.82. The van der Waals surface area contributed by atoms with Crippen molar-refractivity contribution >= 4 is 5.69 Å². The van der Waals surface area contributed by atoms with Gasteiger partial charge < -0.3 is 9.64 Å². The predicted octanol–water partition coefficient (Wildman–Crippen LogP) is 2.74. The molecule has 1 aromatic rings. The molecule has 0 aromatic heterocycles. The van der Waals surface area contributed by atoms with Crippen molar-refractivity contribution in [2.75, 3.05) is 50.8 Å². The predicted molar refractivity (Wildman–Crippen MR) is 83.7 cm³/mol. The van der Waals surface area contributed by atoms with Crippen molar-refractivity contribution in [3.8, 4) is 6.07 Å². The van der Waals surface area contributed by atoms with Crippen molar-refractivity contribution in [3.05, 3.63) is 29.3 Å². The Morgan fingerprint density at radius 1 is 1.21 bits per heavy atom. The first kappa shape index (κ1) is 17.1. The minimum atomic E-state index is -4.49. The molecule has 24 heavy (non-hydrogen) atoms. The number of rotatable bonds is 3. The second-order valence-electron chi connectivity index (χ2n) is 6.36. The summed E-state index contributed by atoms with van der Waals surface area (Å²) in [4.78, 5) is 4.42. The molecule has 0 aliphatic carbocycles. The van der Waals surface area contributed by atoms with Crippen LogP contribution in [-0.4, -0.2) is 50.8 Å². The SMILES string of the molecule is N#Cc1cc(N2CCN(CC3CCOC3)CC2)ccc1C(F)(F)F. The number of nitriles is 1. The van der Waals surface area contributed by atoms with Gasteiger partial charge in [-0.1, -0.05) is 0 Å². The molecule has 0 saturated carbocycles. The molecule has 2 aliphatic heterocycles. The van der Waals surface area contributed by atoms with Crippen LogP contribution < -0.4 is 4.90 Å². The minimum Gasteiger partial charge on any atom is -0.381 e. The zero-order chi connectivity index (χ0) is 17.2. The van der Waals surface area contributed by atoms with Crippen LogP contribution in [0.1, 0.15) is 17.5 Å². The van der Waals surface area contributed by atoms with Crippen LogP contribution in [0.4, 0.5) is 18.9 Å². The summed E-state index contributed by atoms with van der Waals surface area (Å²) in [5.41, 5.74) is -0.498. The van der Waals surface area contributed by atoms with E-state index in [9.17, 15) is 13.2 Å². The zero-order valence-electron chi connectivity index (χ0n) is 13.4. The first-order chi connectivity index (χ1) is 11.5. The fourth-order valence-corrected chi connectivity index (χ4v) is 3.35. The van der Waals surface area contributed by atoms with Crippen LogP contribution >= 0.6 is 0 Å². The fraction of sp³-hybridized carbons (Fsp3) is 0.588. The summed E-state index contributed by atoms with van der Waals surface area (Å²) >= 11 is 0. The van der Waals surface area contributed by atoms with Crippen LogP contribution in [-0.2, 0) is 10.9 Å². The van der Waals surface area contributed by atoms with Gasteiger partial charge in [-0.05, 0) is 30.5 Å². The number of halogens is 3. The van der Waals surface area contributed by atoms with E-state index >= 15 is 0 Å². The van der Waals surface area contributed by atoms with Gasteiger partial charge in [0.2, 0.25) is 0 Å². The van der Waals surface area contributed by atoms with E-state index in [0.717, 1.165) is 58.4 Å². The largest absolute Gasteiger partial charge is 0.417 e. The van der Waals surface area contributed by atoms with Gasteiger partial charge in [0.15, 0.2) is 0 Å². The number of piperazine rings is 1. The van der Waals surface area contributed by atoms with Gasteiger partial charge in [-0.25, -0.2) is 0 Å². The van der Waals surface area contributed by atoms with E-state index in [1.165, 1.54) is 12.1 Å². The van der Waals surface area contributed by atoms with Crippen LogP contribution in [0.3, 0.4) is 0 Å². The fourth-order valence-electron chi connectivity index (χ4n) is 3.35. The number of nitrogens with zero attached hydrogens (tertiary/aromatic N) is 3. The average Bonchev–Trinajstić information content (AvgIpc) is 3.07. The summed E-state index contributed by atoms with van der Waals surface area (Å²) in [7, 11) is 0. The molecule has 1 aromatic carbocycles. The topological polar surface area (TPSA) is 39.5 Å². The Morgan fingerprint density at radius 3 is 2.54 bits per heavy atom. The highest BCUT2D eigenvalue weighted by Crippen LogP contribution is 2.34. The Balaban J connectivity index is 1.63. The molecule has 2 heterocycles. The Kier molecular flexibility index (Phi) is 4.97. The van der Waals surface area contributed by atoms with E-state index in [2.05, 4.69) is 4.90 Å².